The number of methoxy groups -OCH3 is 1. The van der Waals surface area contributed by atoms with Crippen LogP contribution in [-0.4, -0.2) is 18.1 Å². The molecule has 1 N–H and O–H groups in total. The highest BCUT2D eigenvalue weighted by Gasteiger charge is 2.17. The quantitative estimate of drug-likeness (QED) is 0.671. The molecule has 0 fully saturated rings. The lowest BCUT2D eigenvalue weighted by Crippen LogP contribution is -2.16. The average molecular weight is 343 g/mol. The van der Waals surface area contributed by atoms with Crippen molar-refractivity contribution in [1.29, 1.82) is 0 Å². The maximum atomic E-state index is 12.5. The number of esters is 1. The van der Waals surface area contributed by atoms with Crippen LogP contribution in [0.25, 0.3) is 0 Å². The number of pyridine rings is 1. The molecule has 7 heteroatoms. The minimum atomic E-state index is -2.78. The van der Waals surface area contributed by atoms with Gasteiger partial charge in [0.15, 0.2) is 0 Å². The van der Waals surface area contributed by atoms with Crippen molar-refractivity contribution in [1.82, 2.24) is 4.98 Å². The molecule has 1 rings (SSSR count). The molecule has 0 radical (unpaired) electrons. The number of alkyl halides is 2. The predicted octanol–water partition coefficient (Wildman–Crippen LogP) is 1.63. The van der Waals surface area contributed by atoms with Gasteiger partial charge in [-0.3, -0.25) is 9.59 Å². The normalized spacial score (nSPS) is 10.6. The second kappa shape index (κ2) is 5.37. The van der Waals surface area contributed by atoms with Gasteiger partial charge in [0.2, 0.25) is 5.56 Å². The SMILES string of the molecule is COC(=O)Cc1cc(=O)[nH]c(C(F)F)c1I. The Labute approximate surface area is 103 Å². The first kappa shape index (κ1) is 13.1. The molecular weight excluding hydrogens is 335 g/mol. The smallest absolute Gasteiger partial charge is 0.310 e. The molecule has 0 saturated heterocycles. The van der Waals surface area contributed by atoms with Crippen LogP contribution in [0.15, 0.2) is 10.9 Å². The molecule has 0 aliphatic rings. The van der Waals surface area contributed by atoms with Crippen LogP contribution in [0.1, 0.15) is 17.7 Å². The highest BCUT2D eigenvalue weighted by Crippen LogP contribution is 2.23. The zero-order chi connectivity index (χ0) is 12.3. The summed E-state index contributed by atoms with van der Waals surface area (Å²) in [5.74, 6) is -0.580. The largest absolute Gasteiger partial charge is 0.469 e. The summed E-state index contributed by atoms with van der Waals surface area (Å²) >= 11 is 1.66. The minimum absolute atomic E-state index is 0.178. The molecule has 0 saturated carbocycles. The van der Waals surface area contributed by atoms with Crippen molar-refractivity contribution in [2.75, 3.05) is 7.11 Å². The summed E-state index contributed by atoms with van der Waals surface area (Å²) in [4.78, 5) is 24.1. The summed E-state index contributed by atoms with van der Waals surface area (Å²) in [6, 6.07) is 1.12. The highest BCUT2D eigenvalue weighted by molar-refractivity contribution is 14.1. The summed E-state index contributed by atoms with van der Waals surface area (Å²) < 4.78 is 29.6. The molecule has 1 aromatic heterocycles. The molecule has 0 aliphatic heterocycles. The van der Waals surface area contributed by atoms with E-state index in [1.54, 1.807) is 22.6 Å². The van der Waals surface area contributed by atoms with Crippen LogP contribution < -0.4 is 5.56 Å². The van der Waals surface area contributed by atoms with Crippen molar-refractivity contribution in [3.05, 3.63) is 31.2 Å². The van der Waals surface area contributed by atoms with Gasteiger partial charge >= 0.3 is 5.97 Å². The van der Waals surface area contributed by atoms with E-state index >= 15 is 0 Å². The van der Waals surface area contributed by atoms with Crippen molar-refractivity contribution < 1.29 is 18.3 Å². The van der Waals surface area contributed by atoms with E-state index in [0.29, 0.717) is 0 Å². The summed E-state index contributed by atoms with van der Waals surface area (Å²) in [7, 11) is 1.19. The van der Waals surface area contributed by atoms with Gasteiger partial charge in [-0.1, -0.05) is 0 Å². The Kier molecular flexibility index (Phi) is 4.39. The molecular formula is C9H8F2INO3. The molecule has 0 spiro atoms. The van der Waals surface area contributed by atoms with E-state index in [-0.39, 0.29) is 15.6 Å². The Morgan fingerprint density at radius 1 is 1.62 bits per heavy atom. The lowest BCUT2D eigenvalue weighted by molar-refractivity contribution is -0.139. The first-order valence-corrected chi connectivity index (χ1v) is 5.30. The number of hydrogen-bond donors (Lipinski definition) is 1. The van der Waals surface area contributed by atoms with Crippen LogP contribution in [0.4, 0.5) is 8.78 Å². The number of ether oxygens (including phenoxy) is 1. The summed E-state index contributed by atoms with van der Waals surface area (Å²) in [5.41, 5.74) is -0.881. The molecule has 16 heavy (non-hydrogen) atoms. The Balaban J connectivity index is 3.19. The molecule has 1 aromatic rings. The summed E-state index contributed by atoms with van der Waals surface area (Å²) in [6.45, 7) is 0. The van der Waals surface area contributed by atoms with Crippen LogP contribution in [0, 0.1) is 3.57 Å². The van der Waals surface area contributed by atoms with E-state index < -0.39 is 23.6 Å². The van der Waals surface area contributed by atoms with Crippen LogP contribution in [0.2, 0.25) is 0 Å². The zero-order valence-corrected chi connectivity index (χ0v) is 10.4. The van der Waals surface area contributed by atoms with Crippen molar-refractivity contribution in [2.45, 2.75) is 12.8 Å². The van der Waals surface area contributed by atoms with Gasteiger partial charge in [-0.15, -0.1) is 0 Å². The molecule has 0 aliphatic carbocycles. The molecule has 0 bridgehead atoms. The fraction of sp³-hybridized carbons (Fsp3) is 0.333. The van der Waals surface area contributed by atoms with Gasteiger partial charge in [0, 0.05) is 9.64 Å². The van der Waals surface area contributed by atoms with E-state index in [1.807, 2.05) is 4.98 Å². The van der Waals surface area contributed by atoms with E-state index in [9.17, 15) is 18.4 Å². The summed E-state index contributed by atoms with van der Waals surface area (Å²) in [5, 5.41) is 0. The van der Waals surface area contributed by atoms with Gasteiger partial charge in [0.05, 0.1) is 19.2 Å². The molecule has 0 atom stereocenters. The van der Waals surface area contributed by atoms with Gasteiger partial charge < -0.3 is 9.72 Å². The molecule has 0 amide bonds. The van der Waals surface area contributed by atoms with E-state index in [2.05, 4.69) is 4.74 Å². The van der Waals surface area contributed by atoms with Crippen molar-refractivity contribution >= 4 is 28.6 Å². The Morgan fingerprint density at radius 2 is 2.25 bits per heavy atom. The molecule has 0 aromatic carbocycles. The second-order valence-electron chi connectivity index (χ2n) is 2.94. The van der Waals surface area contributed by atoms with Gasteiger partial charge in [0.1, 0.15) is 0 Å². The predicted molar refractivity (Wildman–Crippen MR) is 60.5 cm³/mol. The van der Waals surface area contributed by atoms with E-state index in [4.69, 9.17) is 0 Å². The van der Waals surface area contributed by atoms with Crippen molar-refractivity contribution in [3.8, 4) is 0 Å². The third kappa shape index (κ3) is 3.00. The van der Waals surface area contributed by atoms with Crippen molar-refractivity contribution in [3.63, 3.8) is 0 Å². The fourth-order valence-corrected chi connectivity index (χ4v) is 1.84. The second-order valence-corrected chi connectivity index (χ2v) is 4.02. The lowest BCUT2D eigenvalue weighted by Gasteiger charge is -2.07. The van der Waals surface area contributed by atoms with E-state index in [0.717, 1.165) is 6.07 Å². The standard InChI is InChI=1S/C9H8F2INO3/c1-16-6(15)3-4-2-5(14)13-8(7(4)12)9(10)11/h2,9H,3H2,1H3,(H,13,14). The summed E-state index contributed by atoms with van der Waals surface area (Å²) in [6.07, 6.45) is -2.98. The number of halogens is 3. The van der Waals surface area contributed by atoms with Gasteiger partial charge in [-0.05, 0) is 28.2 Å². The van der Waals surface area contributed by atoms with Crippen molar-refractivity contribution in [2.24, 2.45) is 0 Å². The molecule has 0 unspecified atom stereocenters. The topological polar surface area (TPSA) is 59.2 Å². The number of aromatic nitrogens is 1. The van der Waals surface area contributed by atoms with Gasteiger partial charge in [-0.25, -0.2) is 8.78 Å². The van der Waals surface area contributed by atoms with Crippen LogP contribution in [0.5, 0.6) is 0 Å². The van der Waals surface area contributed by atoms with Crippen LogP contribution in [0.3, 0.4) is 0 Å². The Hall–Kier alpha value is -0.990. The minimum Gasteiger partial charge on any atom is -0.469 e. The maximum Gasteiger partial charge on any atom is 0.310 e. The molecule has 1 heterocycles. The highest BCUT2D eigenvalue weighted by atomic mass is 127. The fourth-order valence-electron chi connectivity index (χ4n) is 1.12. The lowest BCUT2D eigenvalue weighted by atomic mass is 10.1. The van der Waals surface area contributed by atoms with Crippen LogP contribution in [-0.2, 0) is 16.0 Å². The number of carbonyl (C=O) groups excluding carboxylic acids is 1. The zero-order valence-electron chi connectivity index (χ0n) is 8.22. The number of carbonyl (C=O) groups is 1. The number of rotatable bonds is 3. The third-order valence-corrected chi connectivity index (χ3v) is 3.14. The van der Waals surface area contributed by atoms with Gasteiger partial charge in [-0.2, -0.15) is 0 Å². The third-order valence-electron chi connectivity index (χ3n) is 1.86. The monoisotopic (exact) mass is 343 g/mol. The average Bonchev–Trinajstić information content (AvgIpc) is 2.22. The maximum absolute atomic E-state index is 12.5. The number of nitrogens with one attached hydrogen (secondary N) is 1. The Bertz CT molecular complexity index is 459. The van der Waals surface area contributed by atoms with Gasteiger partial charge in [0.25, 0.3) is 6.43 Å². The van der Waals surface area contributed by atoms with Crippen LogP contribution >= 0.6 is 22.6 Å². The number of aromatic amines is 1. The number of hydrogen-bond acceptors (Lipinski definition) is 3. The van der Waals surface area contributed by atoms with E-state index in [1.165, 1.54) is 7.11 Å². The first-order chi connectivity index (χ1) is 7.45. The molecule has 4 nitrogen and oxygen atoms in total. The number of H-pyrrole nitrogens is 1. The Morgan fingerprint density at radius 3 is 2.75 bits per heavy atom. The molecule has 88 valence electrons. The first-order valence-electron chi connectivity index (χ1n) is 4.22.